The standard InChI is InChI=1S/C13H8BrFN2S/c14-8-3-7(4-10(16)5-8)13-17-11-6-9(15)1-2-12(11)18-13/h1-6H,16H2. The van der Waals surface area contributed by atoms with Gasteiger partial charge in [-0.05, 0) is 30.3 Å². The van der Waals surface area contributed by atoms with Crippen molar-refractivity contribution in [2.75, 3.05) is 5.73 Å². The van der Waals surface area contributed by atoms with Crippen LogP contribution in [0, 0.1) is 5.82 Å². The molecule has 0 radical (unpaired) electrons. The largest absolute Gasteiger partial charge is 0.399 e. The molecular formula is C13H8BrFN2S. The highest BCUT2D eigenvalue weighted by atomic mass is 79.9. The van der Waals surface area contributed by atoms with Gasteiger partial charge in [-0.3, -0.25) is 0 Å². The predicted octanol–water partition coefficient (Wildman–Crippen LogP) is 4.45. The van der Waals surface area contributed by atoms with Crippen molar-refractivity contribution in [3.63, 3.8) is 0 Å². The van der Waals surface area contributed by atoms with Crippen LogP contribution in [0.3, 0.4) is 0 Å². The van der Waals surface area contributed by atoms with E-state index in [0.717, 1.165) is 19.7 Å². The summed E-state index contributed by atoms with van der Waals surface area (Å²) >= 11 is 4.92. The first-order valence-corrected chi connectivity index (χ1v) is 6.85. The van der Waals surface area contributed by atoms with Gasteiger partial charge in [0.05, 0.1) is 10.2 Å². The van der Waals surface area contributed by atoms with E-state index in [1.807, 2.05) is 18.2 Å². The lowest BCUT2D eigenvalue weighted by atomic mass is 10.2. The van der Waals surface area contributed by atoms with Gasteiger partial charge in [0.2, 0.25) is 0 Å². The van der Waals surface area contributed by atoms with E-state index in [1.54, 1.807) is 6.07 Å². The molecular weight excluding hydrogens is 315 g/mol. The number of aromatic nitrogens is 1. The van der Waals surface area contributed by atoms with Crippen LogP contribution in [0.5, 0.6) is 0 Å². The van der Waals surface area contributed by atoms with Crippen LogP contribution in [0.1, 0.15) is 0 Å². The van der Waals surface area contributed by atoms with E-state index < -0.39 is 0 Å². The summed E-state index contributed by atoms with van der Waals surface area (Å²) in [5.74, 6) is -0.270. The molecule has 2 N–H and O–H groups in total. The third-order valence-corrected chi connectivity index (χ3v) is 4.06. The molecule has 0 unspecified atom stereocenters. The molecule has 0 aliphatic heterocycles. The Morgan fingerprint density at radius 3 is 2.78 bits per heavy atom. The van der Waals surface area contributed by atoms with Gasteiger partial charge in [-0.15, -0.1) is 11.3 Å². The van der Waals surface area contributed by atoms with E-state index in [0.29, 0.717) is 11.2 Å². The molecule has 5 heteroatoms. The summed E-state index contributed by atoms with van der Waals surface area (Å²) in [4.78, 5) is 4.43. The summed E-state index contributed by atoms with van der Waals surface area (Å²) in [5.41, 5.74) is 8.08. The first-order chi connectivity index (χ1) is 8.61. The average Bonchev–Trinajstić information content (AvgIpc) is 2.70. The van der Waals surface area contributed by atoms with Crippen LogP contribution in [0.15, 0.2) is 40.9 Å². The molecule has 0 saturated heterocycles. The van der Waals surface area contributed by atoms with Gasteiger partial charge in [0, 0.05) is 21.8 Å². The van der Waals surface area contributed by atoms with Gasteiger partial charge in [-0.25, -0.2) is 9.37 Å². The van der Waals surface area contributed by atoms with E-state index in [-0.39, 0.29) is 5.82 Å². The monoisotopic (exact) mass is 322 g/mol. The summed E-state index contributed by atoms with van der Waals surface area (Å²) in [7, 11) is 0. The zero-order valence-corrected chi connectivity index (χ0v) is 11.6. The Kier molecular flexibility index (Phi) is 2.80. The quantitative estimate of drug-likeness (QED) is 0.672. The summed E-state index contributed by atoms with van der Waals surface area (Å²) in [5, 5.41) is 0.837. The summed E-state index contributed by atoms with van der Waals surface area (Å²) in [6.45, 7) is 0. The van der Waals surface area contributed by atoms with Crippen LogP contribution < -0.4 is 5.73 Å². The zero-order chi connectivity index (χ0) is 12.7. The molecule has 0 fully saturated rings. The number of anilines is 1. The Balaban J connectivity index is 2.19. The summed E-state index contributed by atoms with van der Waals surface area (Å²) in [6.07, 6.45) is 0. The second-order valence-electron chi connectivity index (χ2n) is 3.90. The van der Waals surface area contributed by atoms with E-state index >= 15 is 0 Å². The van der Waals surface area contributed by atoms with Crippen LogP contribution in [0.2, 0.25) is 0 Å². The highest BCUT2D eigenvalue weighted by molar-refractivity contribution is 9.10. The molecule has 0 amide bonds. The molecule has 1 aromatic heterocycles. The van der Waals surface area contributed by atoms with E-state index in [2.05, 4.69) is 20.9 Å². The molecule has 2 nitrogen and oxygen atoms in total. The van der Waals surface area contributed by atoms with E-state index in [9.17, 15) is 4.39 Å². The smallest absolute Gasteiger partial charge is 0.125 e. The number of nitrogens with two attached hydrogens (primary N) is 1. The normalized spacial score (nSPS) is 11.0. The van der Waals surface area contributed by atoms with Gasteiger partial charge in [0.1, 0.15) is 10.8 Å². The number of benzene rings is 2. The van der Waals surface area contributed by atoms with Gasteiger partial charge < -0.3 is 5.73 Å². The number of thiazole rings is 1. The van der Waals surface area contributed by atoms with Crippen molar-refractivity contribution in [3.05, 3.63) is 46.7 Å². The molecule has 0 saturated carbocycles. The Hall–Kier alpha value is -1.46. The molecule has 1 heterocycles. The maximum Gasteiger partial charge on any atom is 0.125 e. The molecule has 0 bridgehead atoms. The number of halogens is 2. The minimum Gasteiger partial charge on any atom is -0.399 e. The Labute approximate surface area is 115 Å². The molecule has 3 rings (SSSR count). The molecule has 0 aliphatic rings. The van der Waals surface area contributed by atoms with Crippen molar-refractivity contribution in [1.29, 1.82) is 0 Å². The fourth-order valence-corrected chi connectivity index (χ4v) is 3.20. The average molecular weight is 323 g/mol. The number of nitrogen functional groups attached to an aromatic ring is 1. The fraction of sp³-hybridized carbons (Fsp3) is 0. The molecule has 0 aliphatic carbocycles. The number of hydrogen-bond donors (Lipinski definition) is 1. The number of hydrogen-bond acceptors (Lipinski definition) is 3. The van der Waals surface area contributed by atoms with E-state index in [1.165, 1.54) is 23.5 Å². The first kappa shape index (κ1) is 11.6. The third kappa shape index (κ3) is 2.11. The van der Waals surface area contributed by atoms with Crippen molar-refractivity contribution in [1.82, 2.24) is 4.98 Å². The lowest BCUT2D eigenvalue weighted by Crippen LogP contribution is -1.85. The van der Waals surface area contributed by atoms with Crippen molar-refractivity contribution in [2.45, 2.75) is 0 Å². The minimum absolute atomic E-state index is 0.270. The van der Waals surface area contributed by atoms with Crippen LogP contribution in [-0.2, 0) is 0 Å². The van der Waals surface area contributed by atoms with Crippen molar-refractivity contribution in [3.8, 4) is 10.6 Å². The number of rotatable bonds is 1. The molecule has 0 spiro atoms. The van der Waals surface area contributed by atoms with Gasteiger partial charge in [0.15, 0.2) is 0 Å². The Morgan fingerprint density at radius 2 is 2.00 bits per heavy atom. The van der Waals surface area contributed by atoms with E-state index in [4.69, 9.17) is 5.73 Å². The SMILES string of the molecule is Nc1cc(Br)cc(-c2nc3cc(F)ccc3s2)c1. The second-order valence-corrected chi connectivity index (χ2v) is 5.85. The highest BCUT2D eigenvalue weighted by Crippen LogP contribution is 2.33. The van der Waals surface area contributed by atoms with Crippen LogP contribution >= 0.6 is 27.3 Å². The molecule has 3 aromatic rings. The Bertz CT molecular complexity index is 719. The van der Waals surface area contributed by atoms with Crippen molar-refractivity contribution in [2.24, 2.45) is 0 Å². The lowest BCUT2D eigenvalue weighted by Gasteiger charge is -1.99. The molecule has 2 aromatic carbocycles. The van der Waals surface area contributed by atoms with Gasteiger partial charge >= 0.3 is 0 Å². The third-order valence-electron chi connectivity index (χ3n) is 2.52. The second kappa shape index (κ2) is 4.33. The Morgan fingerprint density at radius 1 is 1.17 bits per heavy atom. The molecule has 18 heavy (non-hydrogen) atoms. The lowest BCUT2D eigenvalue weighted by molar-refractivity contribution is 0.629. The fourth-order valence-electron chi connectivity index (χ4n) is 1.76. The van der Waals surface area contributed by atoms with Crippen LogP contribution in [0.25, 0.3) is 20.8 Å². The predicted molar refractivity (Wildman–Crippen MR) is 77.1 cm³/mol. The molecule has 0 atom stereocenters. The van der Waals surface area contributed by atoms with Crippen molar-refractivity contribution >= 4 is 43.2 Å². The summed E-state index contributed by atoms with van der Waals surface area (Å²) < 4.78 is 15.0. The number of nitrogens with zero attached hydrogens (tertiary/aromatic N) is 1. The summed E-state index contributed by atoms with van der Waals surface area (Å²) in [6, 6.07) is 10.3. The van der Waals surface area contributed by atoms with Crippen LogP contribution in [-0.4, -0.2) is 4.98 Å². The van der Waals surface area contributed by atoms with Crippen LogP contribution in [0.4, 0.5) is 10.1 Å². The maximum absolute atomic E-state index is 13.1. The minimum atomic E-state index is -0.270. The molecule has 90 valence electrons. The van der Waals surface area contributed by atoms with Gasteiger partial charge in [-0.1, -0.05) is 15.9 Å². The first-order valence-electron chi connectivity index (χ1n) is 5.24. The van der Waals surface area contributed by atoms with Gasteiger partial charge in [-0.2, -0.15) is 0 Å². The maximum atomic E-state index is 13.1. The highest BCUT2D eigenvalue weighted by Gasteiger charge is 2.08. The number of fused-ring (bicyclic) bond motifs is 1. The van der Waals surface area contributed by atoms with Gasteiger partial charge in [0.25, 0.3) is 0 Å². The zero-order valence-electron chi connectivity index (χ0n) is 9.15. The van der Waals surface area contributed by atoms with Crippen molar-refractivity contribution < 1.29 is 4.39 Å². The topological polar surface area (TPSA) is 38.9 Å².